The number of nitrogens with one attached hydrogen (secondary N) is 2. The van der Waals surface area contributed by atoms with E-state index in [4.69, 9.17) is 0 Å². The van der Waals surface area contributed by atoms with Crippen molar-refractivity contribution in [3.63, 3.8) is 0 Å². The summed E-state index contributed by atoms with van der Waals surface area (Å²) in [6, 6.07) is 7.97. The minimum atomic E-state index is 0.0491. The number of rotatable bonds is 2. The summed E-state index contributed by atoms with van der Waals surface area (Å²) in [7, 11) is 0. The lowest BCUT2D eigenvalue weighted by Gasteiger charge is -2.39. The van der Waals surface area contributed by atoms with Gasteiger partial charge in [-0.25, -0.2) is 0 Å². The minimum absolute atomic E-state index is 0.0491. The lowest BCUT2D eigenvalue weighted by atomic mass is 9.80. The molecule has 1 unspecified atom stereocenters. The van der Waals surface area contributed by atoms with Gasteiger partial charge in [-0.1, -0.05) is 32.0 Å². The number of aryl methyl sites for hydroxylation is 1. The summed E-state index contributed by atoms with van der Waals surface area (Å²) >= 11 is 0. The normalized spacial score (nSPS) is 22.5. The fraction of sp³-hybridized carbons (Fsp3) is 0.533. The van der Waals surface area contributed by atoms with Crippen molar-refractivity contribution in [3.8, 4) is 0 Å². The summed E-state index contributed by atoms with van der Waals surface area (Å²) in [5.41, 5.74) is 1.92. The third kappa shape index (κ3) is 2.72. The van der Waals surface area contributed by atoms with E-state index in [2.05, 4.69) is 24.5 Å². The maximum Gasteiger partial charge on any atom is 0.251 e. The van der Waals surface area contributed by atoms with E-state index in [0.29, 0.717) is 0 Å². The van der Waals surface area contributed by atoms with Gasteiger partial charge in [0.25, 0.3) is 5.91 Å². The van der Waals surface area contributed by atoms with Gasteiger partial charge in [0.1, 0.15) is 0 Å². The zero-order chi connectivity index (χ0) is 13.2. The molecule has 18 heavy (non-hydrogen) atoms. The van der Waals surface area contributed by atoms with Gasteiger partial charge in [0.2, 0.25) is 0 Å². The van der Waals surface area contributed by atoms with Gasteiger partial charge in [-0.2, -0.15) is 0 Å². The summed E-state index contributed by atoms with van der Waals surface area (Å²) in [6.07, 6.45) is 0.991. The fourth-order valence-electron chi connectivity index (χ4n) is 2.50. The van der Waals surface area contributed by atoms with Crippen molar-refractivity contribution >= 4 is 5.91 Å². The molecule has 0 aliphatic carbocycles. The number of piperidine rings is 1. The van der Waals surface area contributed by atoms with Crippen molar-refractivity contribution < 1.29 is 4.79 Å². The van der Waals surface area contributed by atoms with E-state index in [-0.39, 0.29) is 17.4 Å². The SMILES string of the molecule is Cc1ccccc1C(=O)NC1CCNCC1(C)C. The molecule has 98 valence electrons. The summed E-state index contributed by atoms with van der Waals surface area (Å²) in [5, 5.41) is 6.57. The summed E-state index contributed by atoms with van der Waals surface area (Å²) in [5.74, 6) is 0.0491. The van der Waals surface area contributed by atoms with Crippen molar-refractivity contribution in [3.05, 3.63) is 35.4 Å². The number of amides is 1. The quantitative estimate of drug-likeness (QED) is 0.839. The van der Waals surface area contributed by atoms with Crippen LogP contribution in [0.5, 0.6) is 0 Å². The molecule has 1 fully saturated rings. The minimum Gasteiger partial charge on any atom is -0.349 e. The largest absolute Gasteiger partial charge is 0.349 e. The molecule has 1 aromatic rings. The van der Waals surface area contributed by atoms with E-state index in [9.17, 15) is 4.79 Å². The van der Waals surface area contributed by atoms with Crippen LogP contribution in [0.3, 0.4) is 0 Å². The summed E-state index contributed by atoms with van der Waals surface area (Å²) in [6.45, 7) is 8.29. The average Bonchev–Trinajstić information content (AvgIpc) is 2.32. The molecular formula is C15H22N2O. The van der Waals surface area contributed by atoms with E-state index < -0.39 is 0 Å². The van der Waals surface area contributed by atoms with E-state index in [1.807, 2.05) is 31.2 Å². The van der Waals surface area contributed by atoms with Crippen molar-refractivity contribution in [1.29, 1.82) is 0 Å². The first-order chi connectivity index (χ1) is 8.50. The second-order valence-corrected chi connectivity index (χ2v) is 5.80. The highest BCUT2D eigenvalue weighted by molar-refractivity contribution is 5.95. The van der Waals surface area contributed by atoms with Crippen LogP contribution in [-0.2, 0) is 0 Å². The zero-order valence-corrected chi connectivity index (χ0v) is 11.4. The Kier molecular flexibility index (Phi) is 3.71. The van der Waals surface area contributed by atoms with Gasteiger partial charge in [-0.15, -0.1) is 0 Å². The molecule has 1 saturated heterocycles. The summed E-state index contributed by atoms with van der Waals surface area (Å²) in [4.78, 5) is 12.3. The highest BCUT2D eigenvalue weighted by Gasteiger charge is 2.33. The molecular weight excluding hydrogens is 224 g/mol. The van der Waals surface area contributed by atoms with Gasteiger partial charge in [0, 0.05) is 18.2 Å². The second-order valence-electron chi connectivity index (χ2n) is 5.80. The zero-order valence-electron chi connectivity index (χ0n) is 11.4. The Morgan fingerprint density at radius 3 is 2.78 bits per heavy atom. The lowest BCUT2D eigenvalue weighted by molar-refractivity contribution is 0.0868. The molecule has 0 saturated carbocycles. The molecule has 0 spiro atoms. The highest BCUT2D eigenvalue weighted by Crippen LogP contribution is 2.25. The molecule has 2 N–H and O–H groups in total. The van der Waals surface area contributed by atoms with Crippen molar-refractivity contribution in [2.24, 2.45) is 5.41 Å². The van der Waals surface area contributed by atoms with E-state index in [0.717, 1.165) is 30.6 Å². The van der Waals surface area contributed by atoms with E-state index in [1.54, 1.807) is 0 Å². The first-order valence-electron chi connectivity index (χ1n) is 6.58. The van der Waals surface area contributed by atoms with Gasteiger partial charge in [0.15, 0.2) is 0 Å². The maximum absolute atomic E-state index is 12.3. The second kappa shape index (κ2) is 5.11. The van der Waals surface area contributed by atoms with E-state index in [1.165, 1.54) is 0 Å². The van der Waals surface area contributed by atoms with Crippen LogP contribution in [0, 0.1) is 12.3 Å². The monoisotopic (exact) mass is 246 g/mol. The molecule has 0 aromatic heterocycles. The van der Waals surface area contributed by atoms with Crippen molar-refractivity contribution in [2.45, 2.75) is 33.2 Å². The van der Waals surface area contributed by atoms with Gasteiger partial charge in [0.05, 0.1) is 0 Å². The Hall–Kier alpha value is -1.35. The molecule has 3 nitrogen and oxygen atoms in total. The predicted molar refractivity (Wildman–Crippen MR) is 73.7 cm³/mol. The number of carbonyl (C=O) groups is 1. The smallest absolute Gasteiger partial charge is 0.251 e. The van der Waals surface area contributed by atoms with Crippen LogP contribution in [0.25, 0.3) is 0 Å². The van der Waals surface area contributed by atoms with Crippen molar-refractivity contribution in [2.75, 3.05) is 13.1 Å². The number of benzene rings is 1. The van der Waals surface area contributed by atoms with Gasteiger partial charge < -0.3 is 10.6 Å². The Labute approximate surface area is 109 Å². The standard InChI is InChI=1S/C15H22N2O/c1-11-6-4-5-7-12(11)14(18)17-13-8-9-16-10-15(13,2)3/h4-7,13,16H,8-10H2,1-3H3,(H,17,18). The van der Waals surface area contributed by atoms with Crippen LogP contribution in [0.2, 0.25) is 0 Å². The molecule has 1 atom stereocenters. The third-order valence-electron chi connectivity index (χ3n) is 3.83. The lowest BCUT2D eigenvalue weighted by Crippen LogP contribution is -2.54. The van der Waals surface area contributed by atoms with Crippen LogP contribution in [0.15, 0.2) is 24.3 Å². The van der Waals surface area contributed by atoms with Crippen LogP contribution in [-0.4, -0.2) is 25.0 Å². The fourth-order valence-corrected chi connectivity index (χ4v) is 2.50. The molecule has 2 rings (SSSR count). The molecule has 1 heterocycles. The van der Waals surface area contributed by atoms with Crippen LogP contribution < -0.4 is 10.6 Å². The Morgan fingerprint density at radius 1 is 1.39 bits per heavy atom. The number of hydrogen-bond acceptors (Lipinski definition) is 2. The molecule has 1 aliphatic heterocycles. The molecule has 3 heteroatoms. The highest BCUT2D eigenvalue weighted by atomic mass is 16.1. The summed E-state index contributed by atoms with van der Waals surface area (Å²) < 4.78 is 0. The molecule has 0 radical (unpaired) electrons. The molecule has 1 aliphatic rings. The predicted octanol–water partition coefficient (Wildman–Crippen LogP) is 2.11. The third-order valence-corrected chi connectivity index (χ3v) is 3.83. The number of carbonyl (C=O) groups excluding carboxylic acids is 1. The van der Waals surface area contributed by atoms with Gasteiger partial charge >= 0.3 is 0 Å². The van der Waals surface area contributed by atoms with Crippen LogP contribution in [0.1, 0.15) is 36.2 Å². The average molecular weight is 246 g/mol. The van der Waals surface area contributed by atoms with Crippen molar-refractivity contribution in [1.82, 2.24) is 10.6 Å². The first kappa shape index (κ1) is 13.1. The Morgan fingerprint density at radius 2 is 2.11 bits per heavy atom. The molecule has 1 aromatic carbocycles. The molecule has 1 amide bonds. The topological polar surface area (TPSA) is 41.1 Å². The first-order valence-corrected chi connectivity index (χ1v) is 6.58. The Balaban J connectivity index is 2.10. The van der Waals surface area contributed by atoms with Gasteiger partial charge in [-0.05, 0) is 36.9 Å². The van der Waals surface area contributed by atoms with Crippen LogP contribution in [0.4, 0.5) is 0 Å². The number of hydrogen-bond donors (Lipinski definition) is 2. The molecule has 0 bridgehead atoms. The van der Waals surface area contributed by atoms with Gasteiger partial charge in [-0.3, -0.25) is 4.79 Å². The van der Waals surface area contributed by atoms with Crippen LogP contribution >= 0.6 is 0 Å². The Bertz CT molecular complexity index is 440. The van der Waals surface area contributed by atoms with E-state index >= 15 is 0 Å². The maximum atomic E-state index is 12.3.